The van der Waals surface area contributed by atoms with Crippen molar-refractivity contribution < 1.29 is 4.42 Å². The summed E-state index contributed by atoms with van der Waals surface area (Å²) in [5.74, 6) is 3.91. The maximum Gasteiger partial charge on any atom is 0.216 e. The first kappa shape index (κ1) is 15.3. The number of nitrogens with one attached hydrogen (secondary N) is 2. The Labute approximate surface area is 125 Å². The van der Waals surface area contributed by atoms with E-state index >= 15 is 0 Å². The van der Waals surface area contributed by atoms with Crippen LogP contribution in [0.3, 0.4) is 0 Å². The van der Waals surface area contributed by atoms with Crippen LogP contribution in [-0.2, 0) is 6.42 Å². The minimum absolute atomic E-state index is 0.0441. The monoisotopic (exact) mass is 289 g/mol. The number of nitrogens with zero attached hydrogens (tertiary/aromatic N) is 3. The number of hydrogen-bond donors (Lipinski definition) is 2. The Bertz CT molecular complexity index is 581. The molecule has 0 aliphatic carbocycles. The maximum atomic E-state index is 5.54. The zero-order valence-electron chi connectivity index (χ0n) is 13.1. The van der Waals surface area contributed by atoms with Gasteiger partial charge in [-0.1, -0.05) is 13.8 Å². The Kier molecular flexibility index (Phi) is 5.14. The molecule has 2 aromatic heterocycles. The molecule has 2 rings (SSSR count). The minimum Gasteiger partial charge on any atom is -0.444 e. The zero-order chi connectivity index (χ0) is 15.2. The van der Waals surface area contributed by atoms with Crippen LogP contribution in [0.1, 0.15) is 50.7 Å². The molecule has 0 saturated heterocycles. The fourth-order valence-corrected chi connectivity index (χ4v) is 1.93. The summed E-state index contributed by atoms with van der Waals surface area (Å²) < 4.78 is 5.54. The Morgan fingerprint density at radius 1 is 1.24 bits per heavy atom. The molecule has 6 nitrogen and oxygen atoms in total. The number of hydrogen-bond acceptors (Lipinski definition) is 6. The van der Waals surface area contributed by atoms with Crippen LogP contribution in [-0.4, -0.2) is 21.5 Å². The van der Waals surface area contributed by atoms with E-state index in [2.05, 4.69) is 32.5 Å². The molecule has 2 aromatic rings. The predicted molar refractivity (Wildman–Crippen MR) is 83.5 cm³/mol. The fraction of sp³-hybridized carbons (Fsp3) is 0.533. The second kappa shape index (κ2) is 7.06. The number of oxazole rings is 1. The third kappa shape index (κ3) is 4.18. The van der Waals surface area contributed by atoms with Crippen molar-refractivity contribution in [3.63, 3.8) is 0 Å². The maximum absolute atomic E-state index is 5.54. The molecular formula is C15H23N5O. The van der Waals surface area contributed by atoms with Crippen molar-refractivity contribution in [3.05, 3.63) is 29.7 Å². The molecular weight excluding hydrogens is 266 g/mol. The van der Waals surface area contributed by atoms with Gasteiger partial charge in [-0.15, -0.1) is 0 Å². The molecule has 1 atom stereocenters. The van der Waals surface area contributed by atoms with Crippen molar-refractivity contribution in [3.8, 4) is 0 Å². The van der Waals surface area contributed by atoms with E-state index in [4.69, 9.17) is 4.42 Å². The van der Waals surface area contributed by atoms with E-state index in [1.165, 1.54) is 0 Å². The van der Waals surface area contributed by atoms with Gasteiger partial charge in [-0.2, -0.15) is 0 Å². The molecule has 1 unspecified atom stereocenters. The van der Waals surface area contributed by atoms with Gasteiger partial charge < -0.3 is 15.1 Å². The van der Waals surface area contributed by atoms with Crippen molar-refractivity contribution >= 4 is 11.6 Å². The molecule has 0 aliphatic heterocycles. The van der Waals surface area contributed by atoms with Crippen LogP contribution >= 0.6 is 0 Å². The van der Waals surface area contributed by atoms with Gasteiger partial charge in [0.2, 0.25) is 5.89 Å². The van der Waals surface area contributed by atoms with Crippen LogP contribution in [0.25, 0.3) is 0 Å². The van der Waals surface area contributed by atoms with Crippen molar-refractivity contribution in [1.82, 2.24) is 15.0 Å². The summed E-state index contributed by atoms with van der Waals surface area (Å²) in [4.78, 5) is 13.2. The number of anilines is 2. The summed E-state index contributed by atoms with van der Waals surface area (Å²) in [5, 5.41) is 6.61. The fourth-order valence-electron chi connectivity index (χ4n) is 1.93. The second-order valence-corrected chi connectivity index (χ2v) is 5.01. The molecule has 0 aromatic carbocycles. The quantitative estimate of drug-likeness (QED) is 0.814. The molecule has 6 heteroatoms. The van der Waals surface area contributed by atoms with Crippen molar-refractivity contribution in [2.24, 2.45) is 0 Å². The summed E-state index contributed by atoms with van der Waals surface area (Å²) in [6.45, 7) is 8.95. The van der Waals surface area contributed by atoms with Gasteiger partial charge in [0.15, 0.2) is 0 Å². The Morgan fingerprint density at radius 3 is 2.62 bits per heavy atom. The lowest BCUT2D eigenvalue weighted by Crippen LogP contribution is -2.11. The van der Waals surface area contributed by atoms with E-state index in [-0.39, 0.29) is 6.04 Å². The first-order valence-corrected chi connectivity index (χ1v) is 7.43. The third-order valence-corrected chi connectivity index (χ3v) is 3.02. The van der Waals surface area contributed by atoms with E-state index in [0.29, 0.717) is 5.89 Å². The molecule has 0 spiro atoms. The summed E-state index contributed by atoms with van der Waals surface area (Å²) in [6, 6.07) is 1.87. The number of aryl methyl sites for hydroxylation is 2. The topological polar surface area (TPSA) is 75.9 Å². The van der Waals surface area contributed by atoms with E-state index in [1.807, 2.05) is 26.8 Å². The van der Waals surface area contributed by atoms with Crippen LogP contribution < -0.4 is 10.6 Å². The van der Waals surface area contributed by atoms with Gasteiger partial charge in [0.05, 0.1) is 6.20 Å². The molecule has 2 heterocycles. The van der Waals surface area contributed by atoms with Crippen molar-refractivity contribution in [2.75, 3.05) is 17.2 Å². The highest BCUT2D eigenvalue weighted by Crippen LogP contribution is 2.19. The molecule has 21 heavy (non-hydrogen) atoms. The molecule has 114 valence electrons. The Balaban J connectivity index is 2.14. The highest BCUT2D eigenvalue weighted by molar-refractivity contribution is 5.48. The van der Waals surface area contributed by atoms with E-state index in [9.17, 15) is 0 Å². The lowest BCUT2D eigenvalue weighted by atomic mass is 10.3. The molecule has 2 N–H and O–H groups in total. The summed E-state index contributed by atoms with van der Waals surface area (Å²) in [7, 11) is 0. The smallest absolute Gasteiger partial charge is 0.216 e. The third-order valence-electron chi connectivity index (χ3n) is 3.02. The molecule has 0 bridgehead atoms. The summed E-state index contributed by atoms with van der Waals surface area (Å²) in [5.41, 5.74) is 0. The highest BCUT2D eigenvalue weighted by atomic mass is 16.4. The number of rotatable bonds is 7. The zero-order valence-corrected chi connectivity index (χ0v) is 13.1. The first-order chi connectivity index (χ1) is 10.1. The average molecular weight is 289 g/mol. The molecule has 0 radical (unpaired) electrons. The minimum atomic E-state index is -0.0441. The highest BCUT2D eigenvalue weighted by Gasteiger charge is 2.13. The van der Waals surface area contributed by atoms with Crippen molar-refractivity contribution in [2.45, 2.75) is 46.6 Å². The SMILES string of the molecule is CCCNc1cc(NC(C)c2ncc(C)o2)nc(CC)n1. The van der Waals surface area contributed by atoms with Gasteiger partial charge >= 0.3 is 0 Å². The van der Waals surface area contributed by atoms with Gasteiger partial charge in [-0.3, -0.25) is 0 Å². The molecule has 0 saturated carbocycles. The van der Waals surface area contributed by atoms with E-state index in [1.54, 1.807) is 6.20 Å². The Morgan fingerprint density at radius 2 is 2.00 bits per heavy atom. The average Bonchev–Trinajstić information content (AvgIpc) is 2.91. The molecule has 0 amide bonds. The van der Waals surface area contributed by atoms with Crippen LogP contribution in [0.2, 0.25) is 0 Å². The van der Waals surface area contributed by atoms with Gasteiger partial charge in [0, 0.05) is 19.0 Å². The summed E-state index contributed by atoms with van der Waals surface area (Å²) >= 11 is 0. The first-order valence-electron chi connectivity index (χ1n) is 7.43. The van der Waals surface area contributed by atoms with Crippen LogP contribution in [0.15, 0.2) is 16.7 Å². The van der Waals surface area contributed by atoms with Gasteiger partial charge in [0.1, 0.15) is 29.3 Å². The molecule has 0 aliphatic rings. The number of aromatic nitrogens is 3. The summed E-state index contributed by atoms with van der Waals surface area (Å²) in [6.07, 6.45) is 3.57. The molecule has 0 fully saturated rings. The van der Waals surface area contributed by atoms with E-state index < -0.39 is 0 Å². The van der Waals surface area contributed by atoms with Crippen LogP contribution in [0.4, 0.5) is 11.6 Å². The lowest BCUT2D eigenvalue weighted by Gasteiger charge is -2.13. The normalized spacial score (nSPS) is 12.2. The van der Waals surface area contributed by atoms with Gasteiger partial charge in [0.25, 0.3) is 0 Å². The Hall–Kier alpha value is -2.11. The standard InChI is InChI=1S/C15H23N5O/c1-5-7-16-13-8-14(20-12(6-2)19-13)18-11(4)15-17-9-10(3)21-15/h8-9,11H,5-7H2,1-4H3,(H2,16,18,19,20). The largest absolute Gasteiger partial charge is 0.444 e. The van der Waals surface area contributed by atoms with Crippen LogP contribution in [0.5, 0.6) is 0 Å². The van der Waals surface area contributed by atoms with Gasteiger partial charge in [-0.05, 0) is 20.3 Å². The van der Waals surface area contributed by atoms with Crippen molar-refractivity contribution in [1.29, 1.82) is 0 Å². The van der Waals surface area contributed by atoms with Crippen LogP contribution in [0, 0.1) is 6.92 Å². The van der Waals surface area contributed by atoms with Gasteiger partial charge in [-0.25, -0.2) is 15.0 Å². The second-order valence-electron chi connectivity index (χ2n) is 5.01. The lowest BCUT2D eigenvalue weighted by molar-refractivity contribution is 0.453. The van der Waals surface area contributed by atoms with E-state index in [0.717, 1.165) is 42.6 Å². The predicted octanol–water partition coefficient (Wildman–Crippen LogP) is 3.33.